The number of benzene rings is 2. The number of nitriles is 1. The standard InChI is InChI=1S/C23H21N5O2S/c1-13(2)28-22(30)15-8-4-5-9-17(15)27-23(28)31-14(3)20(29)16(12-24)21-25-18-10-6-7-11-19(18)26-21/h4-11,13-14,29H,1-3H3,(H,25,26)/b20-16-. The molecule has 31 heavy (non-hydrogen) atoms. The zero-order valence-corrected chi connectivity index (χ0v) is 18.1. The predicted molar refractivity (Wildman–Crippen MR) is 123 cm³/mol. The molecule has 2 heterocycles. The third-order valence-corrected chi connectivity index (χ3v) is 6.03. The molecule has 0 aliphatic rings. The molecule has 0 radical (unpaired) electrons. The van der Waals surface area contributed by atoms with Crippen LogP contribution < -0.4 is 5.56 Å². The number of rotatable bonds is 5. The number of allylic oxidation sites excluding steroid dienone is 1. The summed E-state index contributed by atoms with van der Waals surface area (Å²) < 4.78 is 1.62. The monoisotopic (exact) mass is 431 g/mol. The van der Waals surface area contributed by atoms with Gasteiger partial charge in [-0.1, -0.05) is 36.0 Å². The molecule has 0 aliphatic heterocycles. The maximum Gasteiger partial charge on any atom is 0.262 e. The summed E-state index contributed by atoms with van der Waals surface area (Å²) in [5.74, 6) is 0.186. The maximum absolute atomic E-state index is 13.0. The van der Waals surface area contributed by atoms with Crippen LogP contribution in [0.15, 0.2) is 64.2 Å². The highest BCUT2D eigenvalue weighted by Crippen LogP contribution is 2.31. The summed E-state index contributed by atoms with van der Waals surface area (Å²) in [5, 5.41) is 21.1. The van der Waals surface area contributed by atoms with Gasteiger partial charge >= 0.3 is 0 Å². The third kappa shape index (κ3) is 3.80. The van der Waals surface area contributed by atoms with Crippen molar-refractivity contribution in [2.45, 2.75) is 37.2 Å². The Morgan fingerprint density at radius 2 is 1.77 bits per heavy atom. The average molecular weight is 432 g/mol. The number of imidazole rings is 1. The van der Waals surface area contributed by atoms with Crippen LogP contribution in [0.3, 0.4) is 0 Å². The van der Waals surface area contributed by atoms with E-state index in [4.69, 9.17) is 0 Å². The molecule has 4 aromatic rings. The molecule has 156 valence electrons. The van der Waals surface area contributed by atoms with Crippen molar-refractivity contribution in [1.82, 2.24) is 19.5 Å². The lowest BCUT2D eigenvalue weighted by atomic mass is 10.2. The number of fused-ring (bicyclic) bond motifs is 2. The van der Waals surface area contributed by atoms with E-state index in [2.05, 4.69) is 21.0 Å². The topological polar surface area (TPSA) is 108 Å². The summed E-state index contributed by atoms with van der Waals surface area (Å²) in [5.41, 5.74) is 2.03. The number of aliphatic hydroxyl groups excluding tert-OH is 1. The van der Waals surface area contributed by atoms with E-state index in [9.17, 15) is 15.2 Å². The molecule has 4 rings (SSSR count). The van der Waals surface area contributed by atoms with E-state index >= 15 is 0 Å². The van der Waals surface area contributed by atoms with Crippen molar-refractivity contribution in [3.05, 3.63) is 70.5 Å². The van der Waals surface area contributed by atoms with Gasteiger partial charge in [0.25, 0.3) is 5.56 Å². The van der Waals surface area contributed by atoms with Crippen molar-refractivity contribution in [2.24, 2.45) is 0 Å². The number of hydrogen-bond donors (Lipinski definition) is 2. The molecule has 2 N–H and O–H groups in total. The van der Waals surface area contributed by atoms with Gasteiger partial charge in [0.1, 0.15) is 17.4 Å². The van der Waals surface area contributed by atoms with Crippen molar-refractivity contribution in [2.75, 3.05) is 0 Å². The van der Waals surface area contributed by atoms with E-state index in [1.807, 2.05) is 50.2 Å². The Kier molecular flexibility index (Phi) is 5.53. The number of nitrogens with zero attached hydrogens (tertiary/aromatic N) is 4. The van der Waals surface area contributed by atoms with E-state index < -0.39 is 5.25 Å². The fourth-order valence-corrected chi connectivity index (χ4v) is 4.49. The molecule has 1 atom stereocenters. The minimum atomic E-state index is -0.527. The number of aliphatic hydroxyl groups is 1. The summed E-state index contributed by atoms with van der Waals surface area (Å²) in [4.78, 5) is 25.2. The number of para-hydroxylation sites is 3. The molecular weight excluding hydrogens is 410 g/mol. The van der Waals surface area contributed by atoms with Crippen molar-refractivity contribution in [1.29, 1.82) is 5.26 Å². The van der Waals surface area contributed by atoms with Gasteiger partial charge in [0.15, 0.2) is 11.0 Å². The Balaban J connectivity index is 1.76. The summed E-state index contributed by atoms with van der Waals surface area (Å²) >= 11 is 1.23. The molecule has 2 aromatic heterocycles. The lowest BCUT2D eigenvalue weighted by molar-refractivity contribution is 0.401. The molecule has 0 fully saturated rings. The van der Waals surface area contributed by atoms with Gasteiger partial charge in [-0.25, -0.2) is 9.97 Å². The van der Waals surface area contributed by atoms with E-state index in [1.165, 1.54) is 11.8 Å². The number of nitrogens with one attached hydrogen (secondary N) is 1. The highest BCUT2D eigenvalue weighted by Gasteiger charge is 2.22. The van der Waals surface area contributed by atoms with E-state index in [0.717, 1.165) is 5.52 Å². The lowest BCUT2D eigenvalue weighted by Crippen LogP contribution is -2.25. The van der Waals surface area contributed by atoms with Gasteiger partial charge in [0.05, 0.1) is 27.2 Å². The van der Waals surface area contributed by atoms with Gasteiger partial charge in [-0.15, -0.1) is 0 Å². The summed E-state index contributed by atoms with van der Waals surface area (Å²) in [6.07, 6.45) is 0. The molecule has 0 saturated heterocycles. The Morgan fingerprint density at radius 1 is 1.10 bits per heavy atom. The van der Waals surface area contributed by atoms with Crippen LogP contribution in [0.4, 0.5) is 0 Å². The normalized spacial score (nSPS) is 13.4. The first kappa shape index (κ1) is 20.7. The first-order valence-corrected chi connectivity index (χ1v) is 10.7. The van der Waals surface area contributed by atoms with Crippen LogP contribution in [0.5, 0.6) is 0 Å². The van der Waals surface area contributed by atoms with Crippen molar-refractivity contribution >= 4 is 39.3 Å². The van der Waals surface area contributed by atoms with E-state index in [1.54, 1.807) is 23.6 Å². The zero-order valence-electron chi connectivity index (χ0n) is 17.3. The van der Waals surface area contributed by atoms with Crippen LogP contribution in [0.25, 0.3) is 27.5 Å². The first-order chi connectivity index (χ1) is 14.9. The number of hydrogen-bond acceptors (Lipinski definition) is 6. The predicted octanol–water partition coefficient (Wildman–Crippen LogP) is 4.83. The average Bonchev–Trinajstić information content (AvgIpc) is 3.17. The van der Waals surface area contributed by atoms with E-state index in [0.29, 0.717) is 27.4 Å². The molecule has 1 unspecified atom stereocenters. The van der Waals surface area contributed by atoms with Crippen molar-refractivity contribution in [3.8, 4) is 6.07 Å². The Morgan fingerprint density at radius 3 is 2.45 bits per heavy atom. The highest BCUT2D eigenvalue weighted by atomic mass is 32.2. The zero-order chi connectivity index (χ0) is 22.1. The van der Waals surface area contributed by atoms with Gasteiger partial charge in [0, 0.05) is 6.04 Å². The molecule has 0 bridgehead atoms. The molecule has 8 heteroatoms. The Bertz CT molecular complexity index is 1380. The molecule has 7 nitrogen and oxygen atoms in total. The number of aromatic amines is 1. The first-order valence-electron chi connectivity index (χ1n) is 9.87. The summed E-state index contributed by atoms with van der Waals surface area (Å²) in [7, 11) is 0. The quantitative estimate of drug-likeness (QED) is 0.203. The maximum atomic E-state index is 13.0. The lowest BCUT2D eigenvalue weighted by Gasteiger charge is -2.18. The van der Waals surface area contributed by atoms with Gasteiger partial charge in [-0.05, 0) is 45.0 Å². The molecular formula is C23H21N5O2S. The van der Waals surface area contributed by atoms with Crippen LogP contribution in [-0.4, -0.2) is 29.9 Å². The third-order valence-electron chi connectivity index (χ3n) is 4.95. The van der Waals surface area contributed by atoms with Gasteiger partial charge in [-0.2, -0.15) is 5.26 Å². The molecule has 0 spiro atoms. The number of H-pyrrole nitrogens is 1. The van der Waals surface area contributed by atoms with Crippen LogP contribution in [0, 0.1) is 11.3 Å². The molecule has 0 amide bonds. The second-order valence-electron chi connectivity index (χ2n) is 7.42. The molecule has 0 saturated carbocycles. The van der Waals surface area contributed by atoms with Gasteiger partial charge in [0.2, 0.25) is 0 Å². The highest BCUT2D eigenvalue weighted by molar-refractivity contribution is 7.99. The van der Waals surface area contributed by atoms with Crippen molar-refractivity contribution < 1.29 is 5.11 Å². The number of aromatic nitrogens is 4. The summed E-state index contributed by atoms with van der Waals surface area (Å²) in [6, 6.07) is 16.6. The Hall–Kier alpha value is -3.57. The van der Waals surface area contributed by atoms with E-state index in [-0.39, 0.29) is 22.9 Å². The summed E-state index contributed by atoms with van der Waals surface area (Å²) in [6.45, 7) is 5.60. The van der Waals surface area contributed by atoms with Gasteiger partial charge in [-0.3, -0.25) is 9.36 Å². The Labute approximate surface area is 183 Å². The molecule has 2 aromatic carbocycles. The fraction of sp³-hybridized carbons (Fsp3) is 0.217. The molecule has 0 aliphatic carbocycles. The second kappa shape index (κ2) is 8.28. The largest absolute Gasteiger partial charge is 0.510 e. The number of thioether (sulfide) groups is 1. The van der Waals surface area contributed by atoms with Crippen LogP contribution >= 0.6 is 11.8 Å². The minimum absolute atomic E-state index is 0.0652. The van der Waals surface area contributed by atoms with Crippen molar-refractivity contribution in [3.63, 3.8) is 0 Å². The van der Waals surface area contributed by atoms with Crippen LogP contribution in [0.2, 0.25) is 0 Å². The fourth-order valence-electron chi connectivity index (χ4n) is 3.38. The second-order valence-corrected chi connectivity index (χ2v) is 8.72. The smallest absolute Gasteiger partial charge is 0.262 e. The minimum Gasteiger partial charge on any atom is -0.510 e. The van der Waals surface area contributed by atoms with Crippen LogP contribution in [-0.2, 0) is 0 Å². The van der Waals surface area contributed by atoms with Crippen LogP contribution in [0.1, 0.15) is 32.6 Å². The van der Waals surface area contributed by atoms with Gasteiger partial charge < -0.3 is 10.1 Å². The SMILES string of the molecule is CC(Sc1nc2ccccc2c(=O)n1C(C)C)/C(O)=C(\C#N)c1nc2ccccc2[nH]1.